The number of hydrogen-bond acceptors (Lipinski definition) is 2. The summed E-state index contributed by atoms with van der Waals surface area (Å²) in [5, 5.41) is 0.756. The predicted molar refractivity (Wildman–Crippen MR) is 82.9 cm³/mol. The van der Waals surface area contributed by atoms with Crippen LogP contribution in [-0.2, 0) is 20.0 Å². The van der Waals surface area contributed by atoms with E-state index in [1.165, 1.54) is 0 Å². The first-order valence-corrected chi connectivity index (χ1v) is 6.94. The lowest BCUT2D eigenvalue weighted by Gasteiger charge is -2.03. The molecule has 0 radical (unpaired) electrons. The molecule has 3 rings (SSSR count). The Kier molecular flexibility index (Phi) is 3.47. The maximum atomic E-state index is 6.03. The predicted octanol–water partition coefficient (Wildman–Crippen LogP) is 3.28. The first-order chi connectivity index (χ1) is 9.67. The quantitative estimate of drug-likeness (QED) is 0.802. The zero-order valence-corrected chi connectivity index (χ0v) is 12.1. The fourth-order valence-electron chi connectivity index (χ4n) is 2.41. The molecular weight excluding hydrogens is 270 g/mol. The Balaban J connectivity index is 2.01. The van der Waals surface area contributed by atoms with Crippen LogP contribution >= 0.6 is 11.6 Å². The number of nitrogens with two attached hydrogens (primary N) is 1. The summed E-state index contributed by atoms with van der Waals surface area (Å²) in [6.45, 7) is 0.538. The van der Waals surface area contributed by atoms with Crippen LogP contribution in [0, 0.1) is 0 Å². The second kappa shape index (κ2) is 5.27. The van der Waals surface area contributed by atoms with Gasteiger partial charge in [0.05, 0.1) is 11.0 Å². The molecular formula is C16H16ClN3. The maximum Gasteiger partial charge on any atom is 0.114 e. The fourth-order valence-corrected chi connectivity index (χ4v) is 2.62. The average Bonchev–Trinajstić information content (AvgIpc) is 2.75. The monoisotopic (exact) mass is 285 g/mol. The van der Waals surface area contributed by atoms with Gasteiger partial charge in [0, 0.05) is 25.0 Å². The van der Waals surface area contributed by atoms with Gasteiger partial charge >= 0.3 is 0 Å². The summed E-state index contributed by atoms with van der Waals surface area (Å²) in [6, 6.07) is 14.1. The highest BCUT2D eigenvalue weighted by Crippen LogP contribution is 2.20. The van der Waals surface area contributed by atoms with Crippen molar-refractivity contribution in [2.24, 2.45) is 12.8 Å². The van der Waals surface area contributed by atoms with Crippen LogP contribution in [0.1, 0.15) is 17.0 Å². The zero-order valence-electron chi connectivity index (χ0n) is 11.3. The molecule has 1 aromatic heterocycles. The minimum Gasteiger partial charge on any atom is -0.331 e. The zero-order chi connectivity index (χ0) is 14.1. The van der Waals surface area contributed by atoms with Gasteiger partial charge in [0.1, 0.15) is 5.82 Å². The van der Waals surface area contributed by atoms with Crippen molar-refractivity contribution in [1.29, 1.82) is 0 Å². The van der Waals surface area contributed by atoms with Gasteiger partial charge < -0.3 is 10.3 Å². The maximum absolute atomic E-state index is 6.03. The summed E-state index contributed by atoms with van der Waals surface area (Å²) in [4.78, 5) is 4.71. The molecule has 0 aliphatic heterocycles. The Morgan fingerprint density at radius 3 is 2.75 bits per heavy atom. The molecule has 0 bridgehead atoms. The van der Waals surface area contributed by atoms with Crippen LogP contribution in [0.5, 0.6) is 0 Å². The summed E-state index contributed by atoms with van der Waals surface area (Å²) >= 11 is 6.03. The molecule has 0 aliphatic rings. The van der Waals surface area contributed by atoms with Crippen molar-refractivity contribution in [3.63, 3.8) is 0 Å². The summed E-state index contributed by atoms with van der Waals surface area (Å²) in [5.41, 5.74) is 10.1. The lowest BCUT2D eigenvalue weighted by atomic mass is 10.1. The molecule has 102 valence electrons. The highest BCUT2D eigenvalue weighted by Gasteiger charge is 2.09. The largest absolute Gasteiger partial charge is 0.331 e. The van der Waals surface area contributed by atoms with Crippen LogP contribution in [0.15, 0.2) is 42.5 Å². The molecule has 0 saturated carbocycles. The molecule has 4 heteroatoms. The van der Waals surface area contributed by atoms with Crippen molar-refractivity contribution >= 4 is 22.6 Å². The van der Waals surface area contributed by atoms with E-state index < -0.39 is 0 Å². The number of fused-ring (bicyclic) bond motifs is 1. The number of nitrogens with zero attached hydrogens (tertiary/aromatic N) is 2. The van der Waals surface area contributed by atoms with Gasteiger partial charge in [-0.3, -0.25) is 0 Å². The van der Waals surface area contributed by atoms with Crippen molar-refractivity contribution in [3.05, 3.63) is 64.4 Å². The molecule has 0 atom stereocenters. The third-order valence-corrected chi connectivity index (χ3v) is 3.76. The highest BCUT2D eigenvalue weighted by molar-refractivity contribution is 6.30. The van der Waals surface area contributed by atoms with E-state index >= 15 is 0 Å². The SMILES string of the molecule is Cn1c(Cc2cccc(Cl)c2)nc2cc(CN)ccc21. The highest BCUT2D eigenvalue weighted by atomic mass is 35.5. The molecule has 1 heterocycles. The van der Waals surface area contributed by atoms with Crippen LogP contribution in [-0.4, -0.2) is 9.55 Å². The summed E-state index contributed by atoms with van der Waals surface area (Å²) in [7, 11) is 2.04. The second-order valence-corrected chi connectivity index (χ2v) is 5.36. The standard InChI is InChI=1S/C16H16ClN3/c1-20-15-6-5-12(10-18)8-14(15)19-16(20)9-11-3-2-4-13(17)7-11/h2-8H,9-10,18H2,1H3. The van der Waals surface area contributed by atoms with E-state index in [2.05, 4.69) is 22.8 Å². The molecule has 3 aromatic rings. The van der Waals surface area contributed by atoms with Crippen molar-refractivity contribution in [3.8, 4) is 0 Å². The number of halogens is 1. The van der Waals surface area contributed by atoms with Gasteiger partial charge in [-0.25, -0.2) is 4.98 Å². The molecule has 0 fully saturated rings. The summed E-state index contributed by atoms with van der Waals surface area (Å²) < 4.78 is 2.12. The second-order valence-electron chi connectivity index (χ2n) is 4.92. The fraction of sp³-hybridized carbons (Fsp3) is 0.188. The van der Waals surface area contributed by atoms with Crippen LogP contribution in [0.2, 0.25) is 5.02 Å². The number of hydrogen-bond donors (Lipinski definition) is 1. The normalized spacial score (nSPS) is 11.2. The molecule has 2 N–H and O–H groups in total. The molecule has 0 saturated heterocycles. The van der Waals surface area contributed by atoms with E-state index in [9.17, 15) is 0 Å². The number of imidazole rings is 1. The molecule has 3 nitrogen and oxygen atoms in total. The number of aryl methyl sites for hydroxylation is 1. The summed E-state index contributed by atoms with van der Waals surface area (Å²) in [6.07, 6.45) is 0.768. The Labute approximate surface area is 123 Å². The van der Waals surface area contributed by atoms with Gasteiger partial charge in [0.25, 0.3) is 0 Å². The van der Waals surface area contributed by atoms with Crippen LogP contribution in [0.4, 0.5) is 0 Å². The molecule has 0 aliphatic carbocycles. The lowest BCUT2D eigenvalue weighted by Crippen LogP contribution is -1.99. The third kappa shape index (κ3) is 2.42. The molecule has 0 unspecified atom stereocenters. The Bertz CT molecular complexity index is 762. The third-order valence-electron chi connectivity index (χ3n) is 3.52. The van der Waals surface area contributed by atoms with Gasteiger partial charge in [0.15, 0.2) is 0 Å². The van der Waals surface area contributed by atoms with Crippen molar-refractivity contribution in [2.45, 2.75) is 13.0 Å². The number of benzene rings is 2. The number of aromatic nitrogens is 2. The lowest BCUT2D eigenvalue weighted by molar-refractivity contribution is 0.844. The van der Waals surface area contributed by atoms with Gasteiger partial charge in [-0.05, 0) is 35.4 Å². The van der Waals surface area contributed by atoms with E-state index in [4.69, 9.17) is 22.3 Å². The van der Waals surface area contributed by atoms with Crippen molar-refractivity contribution in [2.75, 3.05) is 0 Å². The molecule has 20 heavy (non-hydrogen) atoms. The van der Waals surface area contributed by atoms with E-state index in [0.29, 0.717) is 6.54 Å². The minimum atomic E-state index is 0.538. The van der Waals surface area contributed by atoms with E-state index in [-0.39, 0.29) is 0 Å². The van der Waals surface area contributed by atoms with Crippen LogP contribution in [0.3, 0.4) is 0 Å². The molecule has 0 amide bonds. The number of rotatable bonds is 3. The van der Waals surface area contributed by atoms with Gasteiger partial charge in [-0.2, -0.15) is 0 Å². The van der Waals surface area contributed by atoms with E-state index in [1.54, 1.807) is 0 Å². The van der Waals surface area contributed by atoms with Crippen molar-refractivity contribution < 1.29 is 0 Å². The minimum absolute atomic E-state index is 0.538. The molecule has 0 spiro atoms. The Morgan fingerprint density at radius 1 is 1.15 bits per heavy atom. The van der Waals surface area contributed by atoms with Gasteiger partial charge in [-0.15, -0.1) is 0 Å². The smallest absolute Gasteiger partial charge is 0.114 e. The average molecular weight is 286 g/mol. The Hall–Kier alpha value is -1.84. The van der Waals surface area contributed by atoms with Crippen molar-refractivity contribution in [1.82, 2.24) is 9.55 Å². The first-order valence-electron chi connectivity index (χ1n) is 6.56. The topological polar surface area (TPSA) is 43.8 Å². The first kappa shape index (κ1) is 13.2. The van der Waals surface area contributed by atoms with Gasteiger partial charge in [-0.1, -0.05) is 29.8 Å². The van der Waals surface area contributed by atoms with E-state index in [0.717, 1.165) is 39.4 Å². The Morgan fingerprint density at radius 2 is 2.00 bits per heavy atom. The van der Waals surface area contributed by atoms with Crippen LogP contribution in [0.25, 0.3) is 11.0 Å². The molecule has 2 aromatic carbocycles. The van der Waals surface area contributed by atoms with Gasteiger partial charge in [0.2, 0.25) is 0 Å². The van der Waals surface area contributed by atoms with E-state index in [1.807, 2.05) is 31.3 Å². The summed E-state index contributed by atoms with van der Waals surface area (Å²) in [5.74, 6) is 1.02. The van der Waals surface area contributed by atoms with Crippen LogP contribution < -0.4 is 5.73 Å².